The number of benzene rings is 8. The van der Waals surface area contributed by atoms with E-state index >= 15 is 0 Å². The Morgan fingerprint density at radius 3 is 0.405 bits per heavy atom. The molecule has 0 radical (unpaired) electrons. The summed E-state index contributed by atoms with van der Waals surface area (Å²) in [5.74, 6) is 0.264. The van der Waals surface area contributed by atoms with Crippen LogP contribution in [0, 0.1) is 0 Å². The first-order valence-corrected chi connectivity index (χ1v) is 44.7. The first-order chi connectivity index (χ1) is 61.5. The standard InChI is InChI=1S/2C24H20B.4C12H20N2O2.2C4H8O.3H2O.4Ti/c2*1-5-13-21(14-6-1)25(22-15-7-2-8-16-22,23-17-9-3-10-18-23)24-19-11-4-12-20-24;4*1-9(7-11(3)15)13-5-6-14-10(2)8-12(4)16;2*1-2-4-5-3-1;;;;;;;/h2*1-20H;4*7-8,13-14H,5-6H2,1-4H3;2*1-4H2;3*1H2;;;;/q2*-1;;;;;;;;;;;;2*+2/p-2/b;;4*9-7-,10-8-;;;;;;;;;. The van der Waals surface area contributed by atoms with Crippen LogP contribution in [0.15, 0.2) is 337 Å². The average Bonchev–Trinajstić information content (AvgIpc) is 0.983. The van der Waals surface area contributed by atoms with Gasteiger partial charge in [0.15, 0.2) is 46.3 Å². The number of nitrogens with one attached hydrogen (secondary N) is 8. The van der Waals surface area contributed by atoms with E-state index in [1.807, 2.05) is 55.4 Å². The van der Waals surface area contributed by atoms with Crippen molar-refractivity contribution in [2.24, 2.45) is 0 Å². The van der Waals surface area contributed by atoms with Crippen molar-refractivity contribution in [3.63, 3.8) is 0 Å². The minimum atomic E-state index is -1.22. The van der Waals surface area contributed by atoms with Gasteiger partial charge in [-0.05, 0) is 185 Å². The van der Waals surface area contributed by atoms with E-state index in [0.29, 0.717) is 52.4 Å². The van der Waals surface area contributed by atoms with Gasteiger partial charge in [-0.2, -0.15) is 43.7 Å². The molecule has 2 saturated heterocycles. The van der Waals surface area contributed by atoms with Crippen LogP contribution in [-0.2, 0) is 132 Å². The molecule has 131 heavy (non-hydrogen) atoms. The van der Waals surface area contributed by atoms with Gasteiger partial charge in [0.2, 0.25) is 0 Å². The summed E-state index contributed by atoms with van der Waals surface area (Å²) in [5.41, 5.74) is 17.5. The smallest absolute Gasteiger partial charge is 0.108 e. The molecular formula is C104H140B2N8O13Ti4. The molecule has 696 valence electrons. The zero-order chi connectivity index (χ0) is 95.2. The molecule has 21 nitrogen and oxygen atoms in total. The number of allylic oxidation sites excluding steroid dienone is 16. The molecule has 27 heteroatoms. The van der Waals surface area contributed by atoms with Crippen molar-refractivity contribution in [3.05, 3.63) is 337 Å². The van der Waals surface area contributed by atoms with Crippen LogP contribution in [0.1, 0.15) is 136 Å². The van der Waals surface area contributed by atoms with Gasteiger partial charge in [-0.25, -0.2) is 0 Å². The van der Waals surface area contributed by atoms with E-state index in [0.717, 1.165) is 113 Å². The molecular weight excluding hydrogens is 1780 g/mol. The van der Waals surface area contributed by atoms with Gasteiger partial charge in [-0.1, -0.05) is 243 Å². The van der Waals surface area contributed by atoms with Crippen molar-refractivity contribution in [2.75, 3.05) is 78.8 Å². The second kappa shape index (κ2) is 77.5. The van der Waals surface area contributed by atoms with E-state index in [-0.39, 0.29) is 95.2 Å². The maximum absolute atomic E-state index is 10.7. The first kappa shape index (κ1) is 125. The Kier molecular flexibility index (Phi) is 74.0. The SMILES string of the molecule is C1CCOC1.C1CCOC1.CC(=O)/C=C(/C)NCCN/C(C)=C\C(C)=O.CC(=O)/C=C(/C)NCCN/C(C)=C\C(C)=O.CC(=O)/C=C(/C)NCCN/C(C)=C\C(C)=O.CC(=O)/C=C(/C)NCCN/C(C)=C\C(C)=O.O.[OH+]=[Ti].[OH+]=[Ti].[Ti].[Ti].c1ccc([B-](c2ccccc2)(c2ccccc2)c2ccccc2)cc1.c1ccc([B-](c2ccccc2)(c2ccccc2)c2ccccc2)cc1. The van der Waals surface area contributed by atoms with Crippen LogP contribution in [-0.4, -0.2) is 149 Å². The summed E-state index contributed by atoms with van der Waals surface area (Å²) < 4.78 is 23.9. The Labute approximate surface area is 834 Å². The topological polar surface area (TPSA) is 326 Å². The predicted molar refractivity (Wildman–Crippen MR) is 527 cm³/mol. The van der Waals surface area contributed by atoms with Gasteiger partial charge >= 0.3 is 47.5 Å². The van der Waals surface area contributed by atoms with Gasteiger partial charge in [0.25, 0.3) is 0 Å². The van der Waals surface area contributed by atoms with Crippen molar-refractivity contribution in [3.8, 4) is 0 Å². The first-order valence-electron chi connectivity index (χ1n) is 43.3. The van der Waals surface area contributed by atoms with Gasteiger partial charge in [-0.3, -0.25) is 38.4 Å². The summed E-state index contributed by atoms with van der Waals surface area (Å²) in [6.45, 7) is 36.6. The molecule has 0 amide bonds. The molecule has 2 aliphatic rings. The van der Waals surface area contributed by atoms with Crippen molar-refractivity contribution < 1.29 is 144 Å². The molecule has 0 aromatic heterocycles. The van der Waals surface area contributed by atoms with Crippen molar-refractivity contribution in [1.29, 1.82) is 0 Å². The van der Waals surface area contributed by atoms with E-state index in [9.17, 15) is 38.4 Å². The summed E-state index contributed by atoms with van der Waals surface area (Å²) in [5, 5.41) is 24.7. The molecule has 0 spiro atoms. The van der Waals surface area contributed by atoms with Crippen molar-refractivity contribution in [2.45, 2.75) is 136 Å². The fourth-order valence-electron chi connectivity index (χ4n) is 14.2. The third-order valence-electron chi connectivity index (χ3n) is 19.1. The minimum Gasteiger partial charge on any atom is -0.195 e. The number of carbonyl (C=O) groups excluding carboxylic acids is 8. The van der Waals surface area contributed by atoms with Crippen LogP contribution >= 0.6 is 0 Å². The normalized spacial score (nSPS) is 12.1. The summed E-state index contributed by atoms with van der Waals surface area (Å²) in [6, 6.07) is 87.1. The Morgan fingerprint density at radius 1 is 0.229 bits per heavy atom. The molecule has 0 bridgehead atoms. The molecule has 0 unspecified atom stereocenters. The van der Waals surface area contributed by atoms with Gasteiger partial charge in [0.1, 0.15) is 12.3 Å². The largest absolute Gasteiger partial charge is 0.195 e. The third-order valence-corrected chi connectivity index (χ3v) is 19.1. The van der Waals surface area contributed by atoms with Crippen LogP contribution in [0.4, 0.5) is 0 Å². The summed E-state index contributed by atoms with van der Waals surface area (Å²) in [6.07, 6.45) is 15.1. The van der Waals surface area contributed by atoms with Crippen LogP contribution in [0.5, 0.6) is 0 Å². The Bertz CT molecular complexity index is 3900. The molecule has 12 N–H and O–H groups in total. The number of carbonyl (C=O) groups is 8. The van der Waals surface area contributed by atoms with E-state index < -0.39 is 12.3 Å². The molecule has 2 heterocycles. The maximum atomic E-state index is 10.7. The van der Waals surface area contributed by atoms with E-state index in [1.165, 1.54) is 125 Å². The number of ether oxygens (including phenoxy) is 2. The minimum absolute atomic E-state index is 0. The Balaban J connectivity index is -0.00000147. The summed E-state index contributed by atoms with van der Waals surface area (Å²) >= 11 is 2.00. The fraction of sp³-hybridized carbons (Fsp3) is 0.308. The Hall–Kier alpha value is -10.1. The second-order valence-electron chi connectivity index (χ2n) is 30.6. The van der Waals surface area contributed by atoms with E-state index in [4.69, 9.17) is 16.1 Å². The van der Waals surface area contributed by atoms with Gasteiger partial charge < -0.3 is 57.5 Å². The van der Waals surface area contributed by atoms with Crippen molar-refractivity contribution in [1.82, 2.24) is 42.5 Å². The molecule has 0 aliphatic carbocycles. The van der Waals surface area contributed by atoms with Crippen LogP contribution in [0.2, 0.25) is 0 Å². The van der Waals surface area contributed by atoms with Crippen LogP contribution in [0.3, 0.4) is 0 Å². The number of hydrogen-bond donors (Lipinski definition) is 8. The number of hydrogen-bond acceptors (Lipinski definition) is 18. The zero-order valence-corrected chi connectivity index (χ0v) is 85.9. The van der Waals surface area contributed by atoms with Gasteiger partial charge in [0, 0.05) is 168 Å². The maximum Gasteiger partial charge on any atom is 0.108 e. The monoisotopic (exact) mass is 1920 g/mol. The van der Waals surface area contributed by atoms with Crippen LogP contribution < -0.4 is 86.2 Å². The summed E-state index contributed by atoms with van der Waals surface area (Å²) in [7, 11) is 0. The summed E-state index contributed by atoms with van der Waals surface area (Å²) in [4.78, 5) is 85.9. The quantitative estimate of drug-likeness (QED) is 0.00783. The Morgan fingerprint density at radius 2 is 0.328 bits per heavy atom. The second-order valence-corrected chi connectivity index (χ2v) is 30.6. The average molecular weight is 1920 g/mol. The van der Waals surface area contributed by atoms with E-state index in [1.54, 1.807) is 48.6 Å². The molecule has 8 aromatic rings. The molecule has 10 rings (SSSR count). The molecule has 0 atom stereocenters. The molecule has 2 aliphatic heterocycles. The molecule has 8 aromatic carbocycles. The third kappa shape index (κ3) is 56.4. The van der Waals surface area contributed by atoms with Crippen LogP contribution in [0.25, 0.3) is 0 Å². The van der Waals surface area contributed by atoms with Crippen molar-refractivity contribution >= 4 is 102 Å². The zero-order valence-electron chi connectivity index (χ0n) is 79.7. The number of ketones is 8. The number of rotatable bonds is 36. The van der Waals surface area contributed by atoms with Gasteiger partial charge in [-0.15, -0.1) is 0 Å². The fourth-order valence-corrected chi connectivity index (χ4v) is 14.2. The predicted octanol–water partition coefficient (Wildman–Crippen LogP) is 11.1. The molecule has 0 saturated carbocycles. The molecule has 2 fully saturated rings. The van der Waals surface area contributed by atoms with Gasteiger partial charge in [0.05, 0.1) is 0 Å². The van der Waals surface area contributed by atoms with E-state index in [2.05, 4.69) is 285 Å².